The lowest BCUT2D eigenvalue weighted by Crippen LogP contribution is -2.36. The van der Waals surface area contributed by atoms with Gasteiger partial charge in [0.1, 0.15) is 0 Å². The normalized spacial score (nSPS) is 14.5. The van der Waals surface area contributed by atoms with E-state index in [-0.39, 0.29) is 25.2 Å². The maximum absolute atomic E-state index is 11.7. The molecule has 2 aliphatic heterocycles. The molecule has 1 aromatic carbocycles. The molecular weight excluding hydrogens is 316 g/mol. The van der Waals surface area contributed by atoms with Crippen molar-refractivity contribution in [3.8, 4) is 23.8 Å². The molecule has 2 aliphatic rings. The summed E-state index contributed by atoms with van der Waals surface area (Å²) in [6, 6.07) is 5.93. The van der Waals surface area contributed by atoms with Gasteiger partial charge in [0.05, 0.1) is 6.42 Å². The van der Waals surface area contributed by atoms with E-state index in [4.69, 9.17) is 15.9 Å². The Morgan fingerprint density at radius 2 is 1.92 bits per heavy atom. The van der Waals surface area contributed by atoms with Gasteiger partial charge in [0, 0.05) is 13.1 Å². The van der Waals surface area contributed by atoms with E-state index in [2.05, 4.69) is 11.2 Å². The first-order valence-corrected chi connectivity index (χ1v) is 8.90. The number of hydrogen-bond donors (Lipinski definition) is 1. The zero-order valence-electron chi connectivity index (χ0n) is 15.8. The Labute approximate surface area is 151 Å². The third-order valence-electron chi connectivity index (χ3n) is 3.98. The summed E-state index contributed by atoms with van der Waals surface area (Å²) in [4.78, 5) is 13.4. The van der Waals surface area contributed by atoms with Crippen LogP contribution in [0.3, 0.4) is 0 Å². The second-order valence-electron chi connectivity index (χ2n) is 5.73. The van der Waals surface area contributed by atoms with E-state index in [9.17, 15) is 4.79 Å². The molecule has 1 atom stereocenters. The first-order valence-electron chi connectivity index (χ1n) is 8.90. The van der Waals surface area contributed by atoms with Crippen LogP contribution in [0, 0.1) is 12.3 Å². The Hall–Kier alpha value is -2.19. The zero-order chi connectivity index (χ0) is 18.7. The lowest BCUT2D eigenvalue weighted by Gasteiger charge is -2.24. The molecule has 1 N–H and O–H groups in total. The molecule has 0 spiro atoms. The molecule has 5 nitrogen and oxygen atoms in total. The predicted octanol–water partition coefficient (Wildman–Crippen LogP) is 2.83. The molecule has 1 saturated heterocycles. The molecule has 3 rings (SSSR count). The second-order valence-corrected chi connectivity index (χ2v) is 5.73. The van der Waals surface area contributed by atoms with Crippen LogP contribution >= 0.6 is 0 Å². The number of fused-ring (bicyclic) bond motifs is 1. The number of terminal acetylenes is 1. The standard InChI is InChI=1S/C15H17NO3.C3H7N.C2H6/c1-4-5-15(17)16(3)11(2)8-12-6-7-13-14(9-12)19-10-18-13;1-2-4-3-1;1-2/h1,6-7,9,11H,5,8,10H2,2-3H3;4H,1-3H2;1-2H3. The number of nitrogens with one attached hydrogen (secondary N) is 1. The summed E-state index contributed by atoms with van der Waals surface area (Å²) < 4.78 is 10.6. The van der Waals surface area contributed by atoms with E-state index < -0.39 is 0 Å². The Morgan fingerprint density at radius 3 is 2.48 bits per heavy atom. The topological polar surface area (TPSA) is 50.8 Å². The Bertz CT molecular complexity index is 573. The molecule has 0 radical (unpaired) electrons. The minimum absolute atomic E-state index is 0.0317. The maximum atomic E-state index is 11.7. The fourth-order valence-corrected chi connectivity index (χ4v) is 2.18. The number of ether oxygens (including phenoxy) is 2. The van der Waals surface area contributed by atoms with Gasteiger partial charge in [-0.25, -0.2) is 0 Å². The Kier molecular flexibility index (Phi) is 9.49. The average molecular weight is 346 g/mol. The molecule has 138 valence electrons. The highest BCUT2D eigenvalue weighted by molar-refractivity contribution is 5.78. The van der Waals surface area contributed by atoms with Crippen LogP contribution in [0.4, 0.5) is 0 Å². The lowest BCUT2D eigenvalue weighted by atomic mass is 10.1. The summed E-state index contributed by atoms with van der Waals surface area (Å²) in [5.74, 6) is 3.88. The van der Waals surface area contributed by atoms with Crippen molar-refractivity contribution >= 4 is 5.91 Å². The van der Waals surface area contributed by atoms with Gasteiger partial charge >= 0.3 is 0 Å². The SMILES string of the molecule is C#CCC(=O)N(C)C(C)Cc1ccc2c(c1)OCO2.C1CNC1.CC. The van der Waals surface area contributed by atoms with Gasteiger partial charge in [0.2, 0.25) is 12.7 Å². The molecule has 0 bridgehead atoms. The summed E-state index contributed by atoms with van der Waals surface area (Å²) in [5.41, 5.74) is 1.11. The number of likely N-dealkylation sites (N-methyl/N-ethyl adjacent to an activating group) is 1. The van der Waals surface area contributed by atoms with Crippen LogP contribution in [0.25, 0.3) is 0 Å². The fraction of sp³-hybridized carbons (Fsp3) is 0.550. The second kappa shape index (κ2) is 11.4. The van der Waals surface area contributed by atoms with Gasteiger partial charge in [0.25, 0.3) is 0 Å². The molecule has 0 aliphatic carbocycles. The van der Waals surface area contributed by atoms with E-state index in [0.717, 1.165) is 23.5 Å². The van der Waals surface area contributed by atoms with Crippen LogP contribution < -0.4 is 14.8 Å². The Morgan fingerprint density at radius 1 is 1.32 bits per heavy atom. The van der Waals surface area contributed by atoms with Crippen molar-refractivity contribution in [2.75, 3.05) is 26.9 Å². The molecule has 1 amide bonds. The number of carbonyl (C=O) groups excluding carboxylic acids is 1. The number of carbonyl (C=O) groups is 1. The zero-order valence-corrected chi connectivity index (χ0v) is 15.8. The molecule has 2 heterocycles. The van der Waals surface area contributed by atoms with Crippen molar-refractivity contribution in [3.63, 3.8) is 0 Å². The summed E-state index contributed by atoms with van der Waals surface area (Å²) in [6.07, 6.45) is 7.44. The molecule has 5 heteroatoms. The third kappa shape index (κ3) is 6.67. The summed E-state index contributed by atoms with van der Waals surface area (Å²) >= 11 is 0. The van der Waals surface area contributed by atoms with E-state index in [1.54, 1.807) is 11.9 Å². The van der Waals surface area contributed by atoms with Crippen molar-refractivity contribution in [1.29, 1.82) is 0 Å². The van der Waals surface area contributed by atoms with Gasteiger partial charge in [-0.15, -0.1) is 6.42 Å². The van der Waals surface area contributed by atoms with Crippen LogP contribution in [0.5, 0.6) is 11.5 Å². The minimum atomic E-state index is -0.0317. The largest absolute Gasteiger partial charge is 0.454 e. The van der Waals surface area contributed by atoms with E-state index >= 15 is 0 Å². The highest BCUT2D eigenvalue weighted by Gasteiger charge is 2.18. The van der Waals surface area contributed by atoms with Gasteiger partial charge in [-0.1, -0.05) is 25.8 Å². The average Bonchev–Trinajstić information content (AvgIpc) is 3.02. The van der Waals surface area contributed by atoms with E-state index in [1.165, 1.54) is 19.5 Å². The van der Waals surface area contributed by atoms with Crippen LogP contribution in [0.1, 0.15) is 39.2 Å². The highest BCUT2D eigenvalue weighted by Crippen LogP contribution is 2.32. The van der Waals surface area contributed by atoms with Gasteiger partial charge in [-0.05, 0) is 50.6 Å². The molecular formula is C20H30N2O3. The van der Waals surface area contributed by atoms with Crippen molar-refractivity contribution < 1.29 is 14.3 Å². The monoisotopic (exact) mass is 346 g/mol. The molecule has 1 aromatic rings. The lowest BCUT2D eigenvalue weighted by molar-refractivity contribution is -0.130. The molecule has 0 saturated carbocycles. The molecule has 1 unspecified atom stereocenters. The van der Waals surface area contributed by atoms with Crippen LogP contribution in [-0.4, -0.2) is 43.8 Å². The predicted molar refractivity (Wildman–Crippen MR) is 101 cm³/mol. The van der Waals surface area contributed by atoms with E-state index in [1.807, 2.05) is 39.0 Å². The first kappa shape index (κ1) is 20.9. The molecule has 0 aromatic heterocycles. The molecule has 1 fully saturated rings. The van der Waals surface area contributed by atoms with Crippen molar-refractivity contribution in [3.05, 3.63) is 23.8 Å². The quantitative estimate of drug-likeness (QED) is 0.852. The number of rotatable bonds is 4. The summed E-state index contributed by atoms with van der Waals surface area (Å²) in [7, 11) is 1.78. The summed E-state index contributed by atoms with van der Waals surface area (Å²) in [5, 5.41) is 3.11. The third-order valence-corrected chi connectivity index (χ3v) is 3.98. The highest BCUT2D eigenvalue weighted by atomic mass is 16.7. The number of benzene rings is 1. The van der Waals surface area contributed by atoms with Gasteiger partial charge in [-0.3, -0.25) is 4.79 Å². The van der Waals surface area contributed by atoms with Crippen molar-refractivity contribution in [1.82, 2.24) is 10.2 Å². The number of hydrogen-bond acceptors (Lipinski definition) is 4. The van der Waals surface area contributed by atoms with Crippen LogP contribution in [0.2, 0.25) is 0 Å². The van der Waals surface area contributed by atoms with Crippen LogP contribution in [-0.2, 0) is 11.2 Å². The van der Waals surface area contributed by atoms with Crippen molar-refractivity contribution in [2.45, 2.75) is 46.1 Å². The Balaban J connectivity index is 0.000000446. The fourth-order valence-electron chi connectivity index (χ4n) is 2.18. The molecule has 25 heavy (non-hydrogen) atoms. The number of amides is 1. The number of nitrogens with zero attached hydrogens (tertiary/aromatic N) is 1. The van der Waals surface area contributed by atoms with Gasteiger partial charge in [0.15, 0.2) is 11.5 Å². The van der Waals surface area contributed by atoms with Crippen molar-refractivity contribution in [2.24, 2.45) is 0 Å². The summed E-state index contributed by atoms with van der Waals surface area (Å²) in [6.45, 7) is 8.77. The van der Waals surface area contributed by atoms with E-state index in [0.29, 0.717) is 0 Å². The first-order chi connectivity index (χ1) is 12.1. The van der Waals surface area contributed by atoms with Gasteiger partial charge < -0.3 is 19.7 Å². The van der Waals surface area contributed by atoms with Crippen LogP contribution in [0.15, 0.2) is 18.2 Å². The maximum Gasteiger partial charge on any atom is 0.234 e. The van der Waals surface area contributed by atoms with Gasteiger partial charge in [-0.2, -0.15) is 0 Å². The smallest absolute Gasteiger partial charge is 0.234 e. The minimum Gasteiger partial charge on any atom is -0.454 e.